The Kier molecular flexibility index (Phi) is 9.54. The molecule has 23 heavy (non-hydrogen) atoms. The van der Waals surface area contributed by atoms with Crippen LogP contribution in [0.5, 0.6) is 0 Å². The number of halogens is 1. The molecule has 0 aromatic carbocycles. The number of hydrogen-bond donors (Lipinski definition) is 1. The first-order valence-corrected chi connectivity index (χ1v) is 8.77. The highest BCUT2D eigenvalue weighted by atomic mass is 127. The number of hydrogen-bond acceptors (Lipinski definition) is 4. The van der Waals surface area contributed by atoms with E-state index in [-0.39, 0.29) is 35.9 Å². The van der Waals surface area contributed by atoms with Crippen LogP contribution in [0.2, 0.25) is 0 Å². The van der Waals surface area contributed by atoms with Crippen molar-refractivity contribution in [3.8, 4) is 0 Å². The van der Waals surface area contributed by atoms with Gasteiger partial charge in [-0.25, -0.2) is 0 Å². The molecule has 2 rings (SSSR count). The number of nitrogens with one attached hydrogen (secondary N) is 1. The zero-order valence-electron chi connectivity index (χ0n) is 13.8. The van der Waals surface area contributed by atoms with Gasteiger partial charge < -0.3 is 15.0 Å². The summed E-state index contributed by atoms with van der Waals surface area (Å²) < 4.78 is 5.15. The number of esters is 1. The van der Waals surface area contributed by atoms with E-state index in [0.717, 1.165) is 38.3 Å². The van der Waals surface area contributed by atoms with Crippen molar-refractivity contribution < 1.29 is 9.53 Å². The lowest BCUT2D eigenvalue weighted by Gasteiger charge is -2.33. The smallest absolute Gasteiger partial charge is 0.310 e. The van der Waals surface area contributed by atoms with Gasteiger partial charge in [0, 0.05) is 31.6 Å². The fraction of sp³-hybridized carbons (Fsp3) is 0.625. The molecule has 0 saturated carbocycles. The number of carbonyl (C=O) groups excluding carboxylic acids is 1. The lowest BCUT2D eigenvalue weighted by Crippen LogP contribution is -2.48. The van der Waals surface area contributed by atoms with Crippen LogP contribution in [0.4, 0.5) is 0 Å². The number of guanidine groups is 1. The normalized spacial score (nSPS) is 18.3. The minimum atomic E-state index is -0.0822. The molecule has 1 atom stereocenters. The van der Waals surface area contributed by atoms with Crippen molar-refractivity contribution in [2.75, 3.05) is 33.3 Å². The lowest BCUT2D eigenvalue weighted by molar-refractivity contribution is -0.149. The number of rotatable bonds is 5. The molecule has 2 heterocycles. The molecule has 0 bridgehead atoms. The van der Waals surface area contributed by atoms with Gasteiger partial charge in [0.2, 0.25) is 0 Å². The molecule has 0 radical (unpaired) electrons. The Hall–Kier alpha value is -0.830. The van der Waals surface area contributed by atoms with Crippen LogP contribution >= 0.6 is 35.3 Å². The van der Waals surface area contributed by atoms with E-state index in [9.17, 15) is 4.79 Å². The largest absolute Gasteiger partial charge is 0.466 e. The number of piperidine rings is 1. The Bertz CT molecular complexity index is 494. The fourth-order valence-corrected chi connectivity index (χ4v) is 3.42. The predicted molar refractivity (Wildman–Crippen MR) is 106 cm³/mol. The lowest BCUT2D eigenvalue weighted by atomic mass is 9.98. The Morgan fingerprint density at radius 1 is 1.57 bits per heavy atom. The van der Waals surface area contributed by atoms with Crippen molar-refractivity contribution in [1.82, 2.24) is 10.2 Å². The van der Waals surface area contributed by atoms with Crippen LogP contribution in [0.1, 0.15) is 24.6 Å². The molecule has 1 unspecified atom stereocenters. The number of aliphatic imine (C=N–C) groups is 1. The summed E-state index contributed by atoms with van der Waals surface area (Å²) in [6.07, 6.45) is 2.89. The molecular weight excluding hydrogens is 425 g/mol. The maximum absolute atomic E-state index is 11.9. The second kappa shape index (κ2) is 10.9. The molecule has 130 valence electrons. The second-order valence-corrected chi connectivity index (χ2v) is 6.37. The highest BCUT2D eigenvalue weighted by molar-refractivity contribution is 14.0. The van der Waals surface area contributed by atoms with Crippen molar-refractivity contribution >= 4 is 47.2 Å². The first-order valence-electron chi connectivity index (χ1n) is 7.89. The topological polar surface area (TPSA) is 53.9 Å². The van der Waals surface area contributed by atoms with E-state index in [4.69, 9.17) is 4.74 Å². The standard InChI is InChI=1S/C16H25N3O2S.HI/c1-3-21-15(20)13-6-4-10-19(12-13)16(17-2)18-9-8-14-7-5-11-22-14;/h5,7,11,13H,3-4,6,8-10,12H2,1-2H3,(H,17,18);1H. The maximum Gasteiger partial charge on any atom is 0.310 e. The minimum absolute atomic E-state index is 0. The number of likely N-dealkylation sites (tertiary alicyclic amines) is 1. The van der Waals surface area contributed by atoms with Crippen molar-refractivity contribution in [2.24, 2.45) is 10.9 Å². The molecule has 5 nitrogen and oxygen atoms in total. The molecule has 0 amide bonds. The number of nitrogens with zero attached hydrogens (tertiary/aromatic N) is 2. The average molecular weight is 451 g/mol. The van der Waals surface area contributed by atoms with Gasteiger partial charge in [-0.2, -0.15) is 0 Å². The highest BCUT2D eigenvalue weighted by Gasteiger charge is 2.28. The summed E-state index contributed by atoms with van der Waals surface area (Å²) in [7, 11) is 1.79. The minimum Gasteiger partial charge on any atom is -0.466 e. The van der Waals surface area contributed by atoms with E-state index in [1.807, 2.05) is 6.92 Å². The summed E-state index contributed by atoms with van der Waals surface area (Å²) in [6.45, 7) is 4.78. The summed E-state index contributed by atoms with van der Waals surface area (Å²) >= 11 is 1.77. The molecule has 1 aliphatic heterocycles. The third kappa shape index (κ3) is 6.29. The van der Waals surface area contributed by atoms with Crippen LogP contribution in [-0.4, -0.2) is 50.1 Å². The third-order valence-electron chi connectivity index (χ3n) is 3.79. The molecule has 0 aliphatic carbocycles. The van der Waals surface area contributed by atoms with Gasteiger partial charge in [0.1, 0.15) is 0 Å². The monoisotopic (exact) mass is 451 g/mol. The molecule has 1 saturated heterocycles. The van der Waals surface area contributed by atoms with Gasteiger partial charge in [-0.3, -0.25) is 9.79 Å². The third-order valence-corrected chi connectivity index (χ3v) is 4.72. The Morgan fingerprint density at radius 2 is 2.39 bits per heavy atom. The summed E-state index contributed by atoms with van der Waals surface area (Å²) in [4.78, 5) is 19.8. The van der Waals surface area contributed by atoms with Gasteiger partial charge in [-0.05, 0) is 37.6 Å². The zero-order chi connectivity index (χ0) is 15.8. The molecule has 1 aromatic rings. The van der Waals surface area contributed by atoms with Crippen LogP contribution in [-0.2, 0) is 16.0 Å². The van der Waals surface area contributed by atoms with E-state index in [1.165, 1.54) is 4.88 Å². The summed E-state index contributed by atoms with van der Waals surface area (Å²) in [6, 6.07) is 4.22. The Morgan fingerprint density at radius 3 is 3.04 bits per heavy atom. The van der Waals surface area contributed by atoms with Gasteiger partial charge in [0.05, 0.1) is 12.5 Å². The molecule has 7 heteroatoms. The second-order valence-electron chi connectivity index (χ2n) is 5.34. The van der Waals surface area contributed by atoms with Gasteiger partial charge >= 0.3 is 5.97 Å². The van der Waals surface area contributed by atoms with Crippen LogP contribution in [0.25, 0.3) is 0 Å². The maximum atomic E-state index is 11.9. The molecule has 1 aromatic heterocycles. The number of carbonyl (C=O) groups is 1. The van der Waals surface area contributed by atoms with E-state index in [2.05, 4.69) is 32.7 Å². The molecule has 0 spiro atoms. The van der Waals surface area contributed by atoms with Crippen LogP contribution in [0.3, 0.4) is 0 Å². The summed E-state index contributed by atoms with van der Waals surface area (Å²) in [5.41, 5.74) is 0. The van der Waals surface area contributed by atoms with Crippen molar-refractivity contribution in [3.63, 3.8) is 0 Å². The molecular formula is C16H26IN3O2S. The number of ether oxygens (including phenoxy) is 1. The van der Waals surface area contributed by atoms with E-state index < -0.39 is 0 Å². The van der Waals surface area contributed by atoms with Gasteiger partial charge in [-0.15, -0.1) is 35.3 Å². The van der Waals surface area contributed by atoms with Gasteiger partial charge in [0.25, 0.3) is 0 Å². The van der Waals surface area contributed by atoms with Crippen LogP contribution in [0.15, 0.2) is 22.5 Å². The van der Waals surface area contributed by atoms with Crippen molar-refractivity contribution in [3.05, 3.63) is 22.4 Å². The quantitative estimate of drug-likeness (QED) is 0.324. The highest BCUT2D eigenvalue weighted by Crippen LogP contribution is 2.18. The Balaban J connectivity index is 0.00000264. The molecule has 1 N–H and O–H groups in total. The van der Waals surface area contributed by atoms with Crippen LogP contribution < -0.4 is 5.32 Å². The average Bonchev–Trinajstić information content (AvgIpc) is 3.05. The molecule has 1 aliphatic rings. The first-order chi connectivity index (χ1) is 10.7. The van der Waals surface area contributed by atoms with E-state index in [1.54, 1.807) is 18.4 Å². The Labute approximate surface area is 159 Å². The predicted octanol–water partition coefficient (Wildman–Crippen LogP) is 2.76. The van der Waals surface area contributed by atoms with Crippen molar-refractivity contribution in [1.29, 1.82) is 0 Å². The fourth-order valence-electron chi connectivity index (χ4n) is 2.71. The van der Waals surface area contributed by atoms with Crippen molar-refractivity contribution in [2.45, 2.75) is 26.2 Å². The zero-order valence-corrected chi connectivity index (χ0v) is 16.9. The van der Waals surface area contributed by atoms with E-state index >= 15 is 0 Å². The van der Waals surface area contributed by atoms with E-state index in [0.29, 0.717) is 13.2 Å². The summed E-state index contributed by atoms with van der Waals surface area (Å²) in [5.74, 6) is 0.760. The van der Waals surface area contributed by atoms with Gasteiger partial charge in [-0.1, -0.05) is 6.07 Å². The first kappa shape index (κ1) is 20.2. The number of thiophene rings is 1. The van der Waals surface area contributed by atoms with Gasteiger partial charge in [0.15, 0.2) is 5.96 Å². The van der Waals surface area contributed by atoms with Crippen LogP contribution in [0, 0.1) is 5.92 Å². The SMILES string of the molecule is CCOC(=O)C1CCCN(C(=NC)NCCc2cccs2)C1.I. The molecule has 1 fully saturated rings. The summed E-state index contributed by atoms with van der Waals surface area (Å²) in [5, 5.41) is 5.50.